The van der Waals surface area contributed by atoms with E-state index in [4.69, 9.17) is 4.74 Å². The zero-order valence-electron chi connectivity index (χ0n) is 20.4. The maximum atomic E-state index is 13.6. The van der Waals surface area contributed by atoms with E-state index in [1.165, 1.54) is 18.2 Å². The number of carbonyl (C=O) groups is 2. The number of hydrogen-bond acceptors (Lipinski definition) is 6. The molecule has 5 rings (SSSR count). The Balaban J connectivity index is 1.32. The van der Waals surface area contributed by atoms with Crippen molar-refractivity contribution >= 4 is 23.5 Å². The summed E-state index contributed by atoms with van der Waals surface area (Å²) in [6, 6.07) is 3.42. The minimum absolute atomic E-state index is 0.00667. The quantitative estimate of drug-likeness (QED) is 0.275. The minimum atomic E-state index is -0.937. The number of fused-ring (bicyclic) bond motifs is 5. The van der Waals surface area contributed by atoms with Crippen LogP contribution in [0.3, 0.4) is 0 Å². The van der Waals surface area contributed by atoms with Gasteiger partial charge in [-0.3, -0.25) is 14.9 Å². The molecule has 7 nitrogen and oxygen atoms in total. The molecular weight excluding hydrogens is 465 g/mol. The van der Waals surface area contributed by atoms with E-state index in [-0.39, 0.29) is 40.5 Å². The fourth-order valence-electron chi connectivity index (χ4n) is 7.59. The van der Waals surface area contributed by atoms with Crippen molar-refractivity contribution in [2.75, 3.05) is 0 Å². The van der Waals surface area contributed by atoms with E-state index >= 15 is 0 Å². The van der Waals surface area contributed by atoms with Crippen molar-refractivity contribution in [1.29, 1.82) is 0 Å². The lowest BCUT2D eigenvalue weighted by atomic mass is 9.47. The van der Waals surface area contributed by atoms with Gasteiger partial charge in [0.15, 0.2) is 5.78 Å². The fraction of sp³-hybridized carbons (Fsp3) is 0.500. The van der Waals surface area contributed by atoms with Gasteiger partial charge < -0.3 is 9.84 Å². The Morgan fingerprint density at radius 3 is 2.81 bits per heavy atom. The maximum absolute atomic E-state index is 13.6. The molecule has 0 spiro atoms. The number of rotatable bonds is 4. The number of ketones is 1. The normalized spacial score (nSPS) is 37.2. The summed E-state index contributed by atoms with van der Waals surface area (Å²) in [6.45, 7) is 4.23. The van der Waals surface area contributed by atoms with Gasteiger partial charge in [0.05, 0.1) is 11.0 Å². The van der Waals surface area contributed by atoms with E-state index in [1.807, 2.05) is 6.08 Å². The molecule has 1 aromatic carbocycles. The third kappa shape index (κ3) is 3.92. The monoisotopic (exact) mass is 495 g/mol. The zero-order valence-corrected chi connectivity index (χ0v) is 20.4. The molecule has 36 heavy (non-hydrogen) atoms. The molecule has 0 amide bonds. The summed E-state index contributed by atoms with van der Waals surface area (Å²) in [5.41, 5.74) is 0.0619. The Morgan fingerprint density at radius 1 is 1.28 bits per heavy atom. The number of halogens is 1. The highest BCUT2D eigenvalue weighted by molar-refractivity contribution is 6.01. The SMILES string of the molecule is CC12C=CC(=O)C=C1CCC1C2C(O)CC2(C)C(OC(=O)/C=C/c3ccc(F)c([N+](=O)[O-])c3)CCC12. The van der Waals surface area contributed by atoms with Crippen molar-refractivity contribution in [1.82, 2.24) is 0 Å². The standard InChI is InChI=1S/C28H30FNO6/c1-27-12-11-18(31)14-17(27)5-6-19-20-7-9-24(28(20,2)15-23(32)26(19)27)36-25(33)10-4-16-3-8-21(29)22(13-16)30(34)35/h3-4,8,10-14,19-20,23-24,26,32H,5-7,9,15H2,1-2H3/b10-4+. The average Bonchev–Trinajstić information content (AvgIpc) is 3.13. The van der Waals surface area contributed by atoms with Crippen LogP contribution < -0.4 is 0 Å². The summed E-state index contributed by atoms with van der Waals surface area (Å²) < 4.78 is 19.4. The second-order valence-electron chi connectivity index (χ2n) is 11.1. The van der Waals surface area contributed by atoms with Crippen molar-refractivity contribution in [3.8, 4) is 0 Å². The maximum Gasteiger partial charge on any atom is 0.331 e. The van der Waals surface area contributed by atoms with Crippen molar-refractivity contribution in [2.24, 2.45) is 28.6 Å². The summed E-state index contributed by atoms with van der Waals surface area (Å²) in [5.74, 6) is -0.932. The summed E-state index contributed by atoms with van der Waals surface area (Å²) in [6.07, 6.45) is 10.8. The number of allylic oxidation sites excluding steroid dienone is 4. The zero-order chi connectivity index (χ0) is 25.8. The third-order valence-corrected chi connectivity index (χ3v) is 9.24. The average molecular weight is 496 g/mol. The number of esters is 1. The van der Waals surface area contributed by atoms with Gasteiger partial charge in [-0.1, -0.05) is 31.6 Å². The molecule has 190 valence electrons. The smallest absolute Gasteiger partial charge is 0.331 e. The Labute approximate surface area is 208 Å². The van der Waals surface area contributed by atoms with Gasteiger partial charge in [-0.2, -0.15) is 4.39 Å². The lowest BCUT2D eigenvalue weighted by molar-refractivity contribution is -0.387. The summed E-state index contributed by atoms with van der Waals surface area (Å²) in [4.78, 5) is 34.8. The highest BCUT2D eigenvalue weighted by Crippen LogP contribution is 2.64. The molecular formula is C28H30FNO6. The van der Waals surface area contributed by atoms with Crippen LogP contribution in [-0.2, 0) is 14.3 Å². The number of ether oxygens (including phenoxy) is 1. The lowest BCUT2D eigenvalue weighted by Gasteiger charge is -2.58. The number of aliphatic hydroxyl groups excluding tert-OH is 1. The van der Waals surface area contributed by atoms with Gasteiger partial charge in [0.2, 0.25) is 5.82 Å². The van der Waals surface area contributed by atoms with Crippen molar-refractivity contribution < 1.29 is 28.7 Å². The van der Waals surface area contributed by atoms with Crippen molar-refractivity contribution in [2.45, 2.75) is 58.2 Å². The predicted molar refractivity (Wildman–Crippen MR) is 130 cm³/mol. The molecule has 0 saturated heterocycles. The molecule has 0 aromatic heterocycles. The molecule has 1 aromatic rings. The van der Waals surface area contributed by atoms with Gasteiger partial charge in [-0.05, 0) is 73.8 Å². The van der Waals surface area contributed by atoms with E-state index in [0.717, 1.165) is 37.0 Å². The molecule has 3 saturated carbocycles. The van der Waals surface area contributed by atoms with E-state index in [1.54, 1.807) is 12.2 Å². The van der Waals surface area contributed by atoms with Gasteiger partial charge >= 0.3 is 11.7 Å². The highest BCUT2D eigenvalue weighted by Gasteiger charge is 2.62. The Morgan fingerprint density at radius 2 is 2.06 bits per heavy atom. The van der Waals surface area contributed by atoms with Crippen LogP contribution >= 0.6 is 0 Å². The molecule has 1 N–H and O–H groups in total. The molecule has 8 heteroatoms. The van der Waals surface area contributed by atoms with Crippen LogP contribution in [0.5, 0.6) is 0 Å². The number of hydrogen-bond donors (Lipinski definition) is 1. The molecule has 0 aliphatic heterocycles. The first kappa shape index (κ1) is 24.6. The topological polar surface area (TPSA) is 107 Å². The van der Waals surface area contributed by atoms with Crippen LogP contribution in [0.25, 0.3) is 6.08 Å². The van der Waals surface area contributed by atoms with Crippen LogP contribution in [0.1, 0.15) is 51.5 Å². The van der Waals surface area contributed by atoms with Gasteiger partial charge in [0, 0.05) is 28.9 Å². The van der Waals surface area contributed by atoms with Gasteiger partial charge in [-0.25, -0.2) is 4.79 Å². The molecule has 3 fully saturated rings. The number of aliphatic hydroxyl groups is 1. The first-order chi connectivity index (χ1) is 17.0. The summed E-state index contributed by atoms with van der Waals surface area (Å²) >= 11 is 0. The second-order valence-corrected chi connectivity index (χ2v) is 11.1. The van der Waals surface area contributed by atoms with Crippen LogP contribution in [-0.4, -0.2) is 34.0 Å². The van der Waals surface area contributed by atoms with E-state index in [2.05, 4.69) is 13.8 Å². The fourth-order valence-corrected chi connectivity index (χ4v) is 7.59. The Hall–Kier alpha value is -3.13. The number of nitro benzene ring substituents is 1. The van der Waals surface area contributed by atoms with E-state index in [0.29, 0.717) is 18.4 Å². The number of carbonyl (C=O) groups excluding carboxylic acids is 2. The molecule has 0 heterocycles. The van der Waals surface area contributed by atoms with Gasteiger partial charge in [0.1, 0.15) is 6.10 Å². The molecule has 7 unspecified atom stereocenters. The van der Waals surface area contributed by atoms with E-state index < -0.39 is 28.5 Å². The van der Waals surface area contributed by atoms with Crippen molar-refractivity contribution in [3.05, 3.63) is 69.6 Å². The van der Waals surface area contributed by atoms with E-state index in [9.17, 15) is 29.2 Å². The highest BCUT2D eigenvalue weighted by atomic mass is 19.1. The second kappa shape index (κ2) is 8.76. The summed E-state index contributed by atoms with van der Waals surface area (Å²) in [5, 5.41) is 22.4. The van der Waals surface area contributed by atoms with Crippen LogP contribution in [0.2, 0.25) is 0 Å². The third-order valence-electron chi connectivity index (χ3n) is 9.24. The molecule has 4 aliphatic rings. The lowest BCUT2D eigenvalue weighted by Crippen LogP contribution is -2.56. The number of nitro groups is 1. The predicted octanol–water partition coefficient (Wildman–Crippen LogP) is 4.94. The molecule has 4 aliphatic carbocycles. The first-order valence-electron chi connectivity index (χ1n) is 12.5. The molecule has 0 bridgehead atoms. The Bertz CT molecular complexity index is 1220. The number of nitrogens with zero attached hydrogens (tertiary/aromatic N) is 1. The minimum Gasteiger partial charge on any atom is -0.459 e. The molecule has 7 atom stereocenters. The van der Waals surface area contributed by atoms with Gasteiger partial charge in [-0.15, -0.1) is 0 Å². The number of benzene rings is 1. The van der Waals surface area contributed by atoms with Gasteiger partial charge in [0.25, 0.3) is 0 Å². The summed E-state index contributed by atoms with van der Waals surface area (Å²) in [7, 11) is 0. The van der Waals surface area contributed by atoms with Crippen molar-refractivity contribution in [3.63, 3.8) is 0 Å². The van der Waals surface area contributed by atoms with Crippen LogP contribution in [0.15, 0.2) is 48.1 Å². The van der Waals surface area contributed by atoms with Crippen LogP contribution in [0.4, 0.5) is 10.1 Å². The van der Waals surface area contributed by atoms with Crippen LogP contribution in [0, 0.1) is 44.5 Å². The first-order valence-corrected chi connectivity index (χ1v) is 12.5. The molecule has 0 radical (unpaired) electrons. The Kier molecular flexibility index (Phi) is 5.98. The largest absolute Gasteiger partial charge is 0.459 e.